The molecule has 0 aliphatic carbocycles. The number of hydrogen-bond acceptors (Lipinski definition) is 2. The first-order valence-electron chi connectivity index (χ1n) is 7.38. The van der Waals surface area contributed by atoms with Crippen LogP contribution in [0.1, 0.15) is 35.7 Å². The molecule has 1 fully saturated rings. The molecule has 21 heavy (non-hydrogen) atoms. The van der Waals surface area contributed by atoms with Crippen LogP contribution in [-0.4, -0.2) is 37.0 Å². The third-order valence-electron chi connectivity index (χ3n) is 4.00. The van der Waals surface area contributed by atoms with Gasteiger partial charge in [0.05, 0.1) is 0 Å². The van der Waals surface area contributed by atoms with Crippen molar-refractivity contribution >= 4 is 34.2 Å². The number of likely N-dealkylation sites (tertiary alicyclic amines) is 1. The summed E-state index contributed by atoms with van der Waals surface area (Å²) >= 11 is 3.44. The van der Waals surface area contributed by atoms with Crippen molar-refractivity contribution in [2.24, 2.45) is 5.92 Å². The zero-order valence-electron chi connectivity index (χ0n) is 12.7. The van der Waals surface area contributed by atoms with E-state index in [4.69, 9.17) is 0 Å². The number of amides is 1. The molecule has 1 aliphatic rings. The monoisotopic (exact) mass is 374 g/mol. The van der Waals surface area contributed by atoms with Crippen molar-refractivity contribution in [2.45, 2.75) is 26.7 Å². The lowest BCUT2D eigenvalue weighted by molar-refractivity contribution is 0.0689. The van der Waals surface area contributed by atoms with Crippen LogP contribution in [0.25, 0.3) is 0 Å². The van der Waals surface area contributed by atoms with E-state index >= 15 is 0 Å². The van der Waals surface area contributed by atoms with Crippen molar-refractivity contribution in [2.75, 3.05) is 26.2 Å². The smallest absolute Gasteiger partial charge is 0.254 e. The Hall–Kier alpha value is -0.580. The average Bonchev–Trinajstić information content (AvgIpc) is 2.45. The highest BCUT2D eigenvalue weighted by atomic mass is 79.9. The fraction of sp³-hybridized carbons (Fsp3) is 0.562. The molecule has 1 amide bonds. The van der Waals surface area contributed by atoms with Gasteiger partial charge in [-0.1, -0.05) is 22.9 Å². The zero-order chi connectivity index (χ0) is 14.5. The van der Waals surface area contributed by atoms with Crippen molar-refractivity contribution in [1.29, 1.82) is 0 Å². The molecular formula is C16H24BrClN2O. The first kappa shape index (κ1) is 18.5. The van der Waals surface area contributed by atoms with Gasteiger partial charge in [-0.25, -0.2) is 0 Å². The number of hydrogen-bond donors (Lipinski definition) is 1. The molecule has 0 unspecified atom stereocenters. The average molecular weight is 376 g/mol. The van der Waals surface area contributed by atoms with Crippen LogP contribution in [-0.2, 0) is 0 Å². The van der Waals surface area contributed by atoms with Crippen LogP contribution >= 0.6 is 28.3 Å². The van der Waals surface area contributed by atoms with Crippen LogP contribution in [0, 0.1) is 12.8 Å². The standard InChI is InChI=1S/C16H23BrN2O.ClH/c1-3-18-11-13-6-8-19(9-7-13)16(20)15-5-4-14(17)10-12(15)2;/h4-5,10,13,18H,3,6-9,11H2,1-2H3;1H. The van der Waals surface area contributed by atoms with Gasteiger partial charge >= 0.3 is 0 Å². The molecule has 1 N–H and O–H groups in total. The molecule has 118 valence electrons. The first-order valence-corrected chi connectivity index (χ1v) is 8.17. The van der Waals surface area contributed by atoms with E-state index in [1.165, 1.54) is 0 Å². The number of carbonyl (C=O) groups excluding carboxylic acids is 1. The Bertz CT molecular complexity index is 473. The number of aryl methyl sites for hydroxylation is 1. The van der Waals surface area contributed by atoms with Crippen molar-refractivity contribution < 1.29 is 4.79 Å². The van der Waals surface area contributed by atoms with Gasteiger partial charge in [-0.3, -0.25) is 4.79 Å². The SMILES string of the molecule is CCNCC1CCN(C(=O)c2ccc(Br)cc2C)CC1.Cl. The molecule has 1 aliphatic heterocycles. The van der Waals surface area contributed by atoms with Gasteiger partial charge in [0.2, 0.25) is 0 Å². The predicted octanol–water partition coefficient (Wildman–Crippen LogP) is 3.64. The topological polar surface area (TPSA) is 32.3 Å². The minimum absolute atomic E-state index is 0. The highest BCUT2D eigenvalue weighted by molar-refractivity contribution is 9.10. The molecule has 0 saturated carbocycles. The second-order valence-electron chi connectivity index (χ2n) is 5.50. The minimum atomic E-state index is 0. The highest BCUT2D eigenvalue weighted by Crippen LogP contribution is 2.21. The number of rotatable bonds is 4. The molecule has 1 heterocycles. The van der Waals surface area contributed by atoms with Crippen LogP contribution in [0.15, 0.2) is 22.7 Å². The summed E-state index contributed by atoms with van der Waals surface area (Å²) < 4.78 is 1.02. The van der Waals surface area contributed by atoms with Gasteiger partial charge in [-0.05, 0) is 62.5 Å². The number of benzene rings is 1. The molecule has 5 heteroatoms. The first-order chi connectivity index (χ1) is 9.61. The Morgan fingerprint density at radius 1 is 1.38 bits per heavy atom. The summed E-state index contributed by atoms with van der Waals surface area (Å²) in [6.07, 6.45) is 2.21. The van der Waals surface area contributed by atoms with E-state index in [1.54, 1.807) is 0 Å². The van der Waals surface area contributed by atoms with E-state index in [0.29, 0.717) is 5.92 Å². The third kappa shape index (κ3) is 4.97. The second-order valence-corrected chi connectivity index (χ2v) is 6.42. The van der Waals surface area contributed by atoms with E-state index in [-0.39, 0.29) is 18.3 Å². The van der Waals surface area contributed by atoms with Crippen LogP contribution in [0.5, 0.6) is 0 Å². The van der Waals surface area contributed by atoms with Gasteiger partial charge < -0.3 is 10.2 Å². The third-order valence-corrected chi connectivity index (χ3v) is 4.50. The molecule has 1 aromatic carbocycles. The van der Waals surface area contributed by atoms with Gasteiger partial charge in [0.15, 0.2) is 0 Å². The molecular weight excluding hydrogens is 352 g/mol. The zero-order valence-corrected chi connectivity index (χ0v) is 15.1. The van der Waals surface area contributed by atoms with E-state index in [1.807, 2.05) is 30.0 Å². The number of halogens is 2. The summed E-state index contributed by atoms with van der Waals surface area (Å²) in [5.74, 6) is 0.891. The molecule has 0 bridgehead atoms. The van der Waals surface area contributed by atoms with Crippen LogP contribution in [0.3, 0.4) is 0 Å². The summed E-state index contributed by atoms with van der Waals surface area (Å²) in [6.45, 7) is 7.99. The van der Waals surface area contributed by atoms with E-state index in [9.17, 15) is 4.79 Å². The summed E-state index contributed by atoms with van der Waals surface area (Å²) in [5.41, 5.74) is 1.87. The second kappa shape index (κ2) is 8.76. The Labute approximate surface area is 142 Å². The Morgan fingerprint density at radius 3 is 2.62 bits per heavy atom. The number of nitrogens with one attached hydrogen (secondary N) is 1. The van der Waals surface area contributed by atoms with Gasteiger partial charge in [-0.15, -0.1) is 12.4 Å². The lowest BCUT2D eigenvalue weighted by Crippen LogP contribution is -2.41. The summed E-state index contributed by atoms with van der Waals surface area (Å²) in [5, 5.41) is 3.40. The molecule has 3 nitrogen and oxygen atoms in total. The fourth-order valence-electron chi connectivity index (χ4n) is 2.73. The van der Waals surface area contributed by atoms with Crippen LogP contribution < -0.4 is 5.32 Å². The van der Waals surface area contributed by atoms with Crippen LogP contribution in [0.2, 0.25) is 0 Å². The molecule has 0 spiro atoms. The van der Waals surface area contributed by atoms with Gasteiger partial charge in [0, 0.05) is 23.1 Å². The maximum atomic E-state index is 12.5. The Balaban J connectivity index is 0.00000220. The van der Waals surface area contributed by atoms with Crippen LogP contribution in [0.4, 0.5) is 0 Å². The molecule has 0 atom stereocenters. The lowest BCUT2D eigenvalue weighted by atomic mass is 9.96. The fourth-order valence-corrected chi connectivity index (χ4v) is 3.20. The van der Waals surface area contributed by atoms with Crippen molar-refractivity contribution in [3.8, 4) is 0 Å². The van der Waals surface area contributed by atoms with Gasteiger partial charge in [0.1, 0.15) is 0 Å². The summed E-state index contributed by atoms with van der Waals surface area (Å²) in [6, 6.07) is 5.87. The number of carbonyl (C=O) groups is 1. The number of piperidine rings is 1. The summed E-state index contributed by atoms with van der Waals surface area (Å²) in [7, 11) is 0. The molecule has 1 saturated heterocycles. The molecule has 2 rings (SSSR count). The van der Waals surface area contributed by atoms with Crippen molar-refractivity contribution in [1.82, 2.24) is 10.2 Å². The predicted molar refractivity (Wildman–Crippen MR) is 93.3 cm³/mol. The molecule has 0 aromatic heterocycles. The van der Waals surface area contributed by atoms with Gasteiger partial charge in [-0.2, -0.15) is 0 Å². The van der Waals surface area contributed by atoms with E-state index < -0.39 is 0 Å². The van der Waals surface area contributed by atoms with Gasteiger partial charge in [0.25, 0.3) is 5.91 Å². The molecule has 1 aromatic rings. The van der Waals surface area contributed by atoms with E-state index in [2.05, 4.69) is 28.2 Å². The maximum absolute atomic E-state index is 12.5. The normalized spacial score (nSPS) is 15.7. The Morgan fingerprint density at radius 2 is 2.05 bits per heavy atom. The highest BCUT2D eigenvalue weighted by Gasteiger charge is 2.24. The minimum Gasteiger partial charge on any atom is -0.339 e. The van der Waals surface area contributed by atoms with Crippen molar-refractivity contribution in [3.05, 3.63) is 33.8 Å². The Kier molecular flexibility index (Phi) is 7.71. The number of nitrogens with zero attached hydrogens (tertiary/aromatic N) is 1. The van der Waals surface area contributed by atoms with E-state index in [0.717, 1.165) is 54.6 Å². The quantitative estimate of drug-likeness (QED) is 0.871. The largest absolute Gasteiger partial charge is 0.339 e. The molecule has 0 radical (unpaired) electrons. The summed E-state index contributed by atoms with van der Waals surface area (Å²) in [4.78, 5) is 14.5. The lowest BCUT2D eigenvalue weighted by Gasteiger charge is -2.32. The maximum Gasteiger partial charge on any atom is 0.254 e. The van der Waals surface area contributed by atoms with Crippen molar-refractivity contribution in [3.63, 3.8) is 0 Å².